The fourth-order valence-corrected chi connectivity index (χ4v) is 6.49. The van der Waals surface area contributed by atoms with E-state index in [0.717, 1.165) is 53.2 Å². The first-order valence-corrected chi connectivity index (χ1v) is 13.5. The van der Waals surface area contributed by atoms with Gasteiger partial charge in [0.05, 0.1) is 11.1 Å². The number of hydrogen-bond acceptors (Lipinski definition) is 8. The van der Waals surface area contributed by atoms with Gasteiger partial charge in [-0.05, 0) is 77.4 Å². The van der Waals surface area contributed by atoms with Crippen molar-refractivity contribution in [2.24, 2.45) is 0 Å². The average Bonchev–Trinajstić information content (AvgIpc) is 3.44. The summed E-state index contributed by atoms with van der Waals surface area (Å²) in [6.07, 6.45) is 5.27. The highest BCUT2D eigenvalue weighted by Gasteiger charge is 2.22. The Bertz CT molecular complexity index is 1350. The fraction of sp³-hybridized carbons (Fsp3) is 0.440. The third kappa shape index (κ3) is 4.82. The molecule has 1 aliphatic rings. The van der Waals surface area contributed by atoms with Gasteiger partial charge in [0.2, 0.25) is 11.8 Å². The molecule has 5 rings (SSSR count). The van der Waals surface area contributed by atoms with Crippen LogP contribution in [0.25, 0.3) is 21.7 Å². The van der Waals surface area contributed by atoms with E-state index >= 15 is 0 Å². The number of thioether (sulfide) groups is 1. The molecular formula is C25H29N5O2S2. The number of hydrogen-bond donors (Lipinski definition) is 0. The minimum Gasteiger partial charge on any atom is -0.420 e. The molecule has 0 unspecified atom stereocenters. The van der Waals surface area contributed by atoms with Crippen molar-refractivity contribution in [3.8, 4) is 11.5 Å². The van der Waals surface area contributed by atoms with Crippen LogP contribution < -0.4 is 5.56 Å². The Kier molecular flexibility index (Phi) is 6.85. The van der Waals surface area contributed by atoms with Crippen molar-refractivity contribution in [2.75, 3.05) is 20.6 Å². The van der Waals surface area contributed by atoms with Crippen LogP contribution in [0.4, 0.5) is 0 Å². The summed E-state index contributed by atoms with van der Waals surface area (Å²) in [6, 6.07) is 8.02. The van der Waals surface area contributed by atoms with Crippen LogP contribution in [0.15, 0.2) is 38.6 Å². The lowest BCUT2D eigenvalue weighted by molar-refractivity contribution is 0.379. The van der Waals surface area contributed by atoms with Crippen LogP contribution in [0.3, 0.4) is 0 Å². The minimum absolute atomic E-state index is 0.0940. The Morgan fingerprint density at radius 3 is 2.74 bits per heavy atom. The van der Waals surface area contributed by atoms with Gasteiger partial charge in [0.15, 0.2) is 5.16 Å². The summed E-state index contributed by atoms with van der Waals surface area (Å²) in [7, 11) is 4.10. The van der Waals surface area contributed by atoms with Crippen molar-refractivity contribution in [1.29, 1.82) is 0 Å². The lowest BCUT2D eigenvalue weighted by atomic mass is 9.97. The maximum Gasteiger partial charge on any atom is 0.263 e. The molecule has 0 amide bonds. The zero-order valence-corrected chi connectivity index (χ0v) is 21.5. The molecule has 1 aliphatic carbocycles. The van der Waals surface area contributed by atoms with E-state index in [0.29, 0.717) is 24.1 Å². The van der Waals surface area contributed by atoms with Gasteiger partial charge in [0.25, 0.3) is 5.56 Å². The quantitative estimate of drug-likeness (QED) is 0.253. The highest BCUT2D eigenvalue weighted by Crippen LogP contribution is 2.35. The molecule has 9 heteroatoms. The molecule has 0 fully saturated rings. The maximum absolute atomic E-state index is 13.6. The number of thiophene rings is 1. The predicted octanol–water partition coefficient (Wildman–Crippen LogP) is 4.94. The molecule has 0 saturated carbocycles. The second kappa shape index (κ2) is 10.0. The molecule has 4 aromatic rings. The molecule has 0 atom stereocenters. The highest BCUT2D eigenvalue weighted by molar-refractivity contribution is 7.98. The monoisotopic (exact) mass is 495 g/mol. The third-order valence-corrected chi connectivity index (χ3v) is 8.26. The number of rotatable bonds is 8. The Balaban J connectivity index is 1.43. The summed E-state index contributed by atoms with van der Waals surface area (Å²) in [5.41, 5.74) is 3.42. The van der Waals surface area contributed by atoms with Gasteiger partial charge in [0, 0.05) is 17.0 Å². The van der Waals surface area contributed by atoms with Crippen molar-refractivity contribution >= 4 is 33.3 Å². The number of benzene rings is 1. The molecule has 7 nitrogen and oxygen atoms in total. The maximum atomic E-state index is 13.6. The van der Waals surface area contributed by atoms with E-state index in [1.807, 2.05) is 35.8 Å². The van der Waals surface area contributed by atoms with Gasteiger partial charge in [0.1, 0.15) is 4.83 Å². The molecule has 3 heterocycles. The first kappa shape index (κ1) is 23.3. The van der Waals surface area contributed by atoms with Crippen LogP contribution in [0.5, 0.6) is 0 Å². The van der Waals surface area contributed by atoms with E-state index in [9.17, 15) is 4.79 Å². The fourth-order valence-electron chi connectivity index (χ4n) is 4.32. The molecule has 0 bridgehead atoms. The van der Waals surface area contributed by atoms with Crippen LogP contribution >= 0.6 is 23.1 Å². The second-order valence-corrected chi connectivity index (χ2v) is 11.1. The van der Waals surface area contributed by atoms with Crippen LogP contribution in [-0.2, 0) is 25.1 Å². The molecule has 178 valence electrons. The molecule has 1 aromatic carbocycles. The zero-order chi connectivity index (χ0) is 23.7. The summed E-state index contributed by atoms with van der Waals surface area (Å²) in [5.74, 6) is 1.50. The number of aryl methyl sites for hydroxylation is 3. The summed E-state index contributed by atoms with van der Waals surface area (Å²) in [6.45, 7) is 3.61. The first-order chi connectivity index (χ1) is 16.5. The highest BCUT2D eigenvalue weighted by atomic mass is 32.2. The van der Waals surface area contributed by atoms with Crippen LogP contribution in [0, 0.1) is 6.92 Å². The summed E-state index contributed by atoms with van der Waals surface area (Å²) in [4.78, 5) is 23.0. The summed E-state index contributed by atoms with van der Waals surface area (Å²) < 4.78 is 7.76. The largest absolute Gasteiger partial charge is 0.420 e. The van der Waals surface area contributed by atoms with Crippen molar-refractivity contribution < 1.29 is 4.42 Å². The SMILES string of the molecule is Cc1ccc(-c2nnc(CSc3nc4sc5c(c4c(=O)n3CCCN(C)C)CCCC5)o2)cc1. The molecule has 3 aromatic heterocycles. The van der Waals surface area contributed by atoms with Gasteiger partial charge >= 0.3 is 0 Å². The lowest BCUT2D eigenvalue weighted by Gasteiger charge is -2.14. The normalized spacial score (nSPS) is 13.6. The van der Waals surface area contributed by atoms with E-state index < -0.39 is 0 Å². The zero-order valence-electron chi connectivity index (χ0n) is 19.8. The van der Waals surface area contributed by atoms with Gasteiger partial charge < -0.3 is 9.32 Å². The molecule has 0 N–H and O–H groups in total. The van der Waals surface area contributed by atoms with E-state index in [1.54, 1.807) is 11.3 Å². The Morgan fingerprint density at radius 2 is 1.94 bits per heavy atom. The number of fused-ring (bicyclic) bond motifs is 3. The number of aromatic nitrogens is 4. The molecular weight excluding hydrogens is 466 g/mol. The Morgan fingerprint density at radius 1 is 1.15 bits per heavy atom. The standard InChI is InChI=1S/C25H29N5O2S2/c1-16-9-11-17(12-10-16)22-28-27-20(32-22)15-33-25-26-23-21(18-7-4-5-8-19(18)34-23)24(31)30(25)14-6-13-29(2)3/h9-12H,4-8,13-15H2,1-3H3. The smallest absolute Gasteiger partial charge is 0.263 e. The van der Waals surface area contributed by atoms with Gasteiger partial charge in [-0.1, -0.05) is 29.5 Å². The average molecular weight is 496 g/mol. The van der Waals surface area contributed by atoms with Gasteiger partial charge in [-0.2, -0.15) is 0 Å². The molecule has 0 aliphatic heterocycles. The second-order valence-electron chi connectivity index (χ2n) is 9.05. The van der Waals surface area contributed by atoms with Gasteiger partial charge in [-0.3, -0.25) is 9.36 Å². The van der Waals surface area contributed by atoms with Crippen molar-refractivity contribution in [3.05, 3.63) is 56.5 Å². The van der Waals surface area contributed by atoms with E-state index in [-0.39, 0.29) is 5.56 Å². The lowest BCUT2D eigenvalue weighted by Crippen LogP contribution is -2.25. The number of nitrogens with zero attached hydrogens (tertiary/aromatic N) is 5. The first-order valence-electron chi connectivity index (χ1n) is 11.7. The molecule has 0 saturated heterocycles. The van der Waals surface area contributed by atoms with Crippen LogP contribution in [-0.4, -0.2) is 45.3 Å². The van der Waals surface area contributed by atoms with Crippen molar-refractivity contribution in [1.82, 2.24) is 24.6 Å². The van der Waals surface area contributed by atoms with Crippen molar-refractivity contribution in [2.45, 2.75) is 56.5 Å². The third-order valence-electron chi connectivity index (χ3n) is 6.12. The Labute approximate surface area is 207 Å². The predicted molar refractivity (Wildman–Crippen MR) is 138 cm³/mol. The van der Waals surface area contributed by atoms with Crippen LogP contribution in [0.1, 0.15) is 41.2 Å². The van der Waals surface area contributed by atoms with E-state index in [2.05, 4.69) is 29.2 Å². The van der Waals surface area contributed by atoms with Gasteiger partial charge in [-0.25, -0.2) is 4.98 Å². The van der Waals surface area contributed by atoms with Crippen LogP contribution in [0.2, 0.25) is 0 Å². The summed E-state index contributed by atoms with van der Waals surface area (Å²) >= 11 is 3.19. The topological polar surface area (TPSA) is 77.1 Å². The molecule has 0 radical (unpaired) electrons. The molecule has 34 heavy (non-hydrogen) atoms. The minimum atomic E-state index is 0.0940. The van der Waals surface area contributed by atoms with E-state index in [4.69, 9.17) is 9.40 Å². The van der Waals surface area contributed by atoms with Gasteiger partial charge in [-0.15, -0.1) is 21.5 Å². The Hall–Kier alpha value is -2.49. The van der Waals surface area contributed by atoms with E-state index in [1.165, 1.54) is 34.2 Å². The summed E-state index contributed by atoms with van der Waals surface area (Å²) in [5, 5.41) is 10.0. The molecule has 0 spiro atoms. The van der Waals surface area contributed by atoms with Crippen molar-refractivity contribution in [3.63, 3.8) is 0 Å².